The van der Waals surface area contributed by atoms with Gasteiger partial charge in [0.2, 0.25) is 0 Å². The Morgan fingerprint density at radius 3 is 2.71 bits per heavy atom. The van der Waals surface area contributed by atoms with Gasteiger partial charge < -0.3 is 10.5 Å². The first-order valence-corrected chi connectivity index (χ1v) is 5.50. The first kappa shape index (κ1) is 13.2. The summed E-state index contributed by atoms with van der Waals surface area (Å²) in [5.74, 6) is -0.296. The van der Waals surface area contributed by atoms with Gasteiger partial charge in [-0.1, -0.05) is 6.07 Å². The summed E-state index contributed by atoms with van der Waals surface area (Å²) >= 11 is 0. The maximum absolute atomic E-state index is 11.4. The molecule has 0 unspecified atom stereocenters. The lowest BCUT2D eigenvalue weighted by molar-refractivity contribution is -0.142. The maximum Gasteiger partial charge on any atom is 0.310 e. The average molecular weight is 232 g/mol. The van der Waals surface area contributed by atoms with Crippen molar-refractivity contribution in [2.45, 2.75) is 26.8 Å². The van der Waals surface area contributed by atoms with E-state index in [2.05, 4.69) is 6.07 Å². The molecule has 0 bridgehead atoms. The van der Waals surface area contributed by atoms with Crippen molar-refractivity contribution in [3.8, 4) is 6.07 Å². The fraction of sp³-hybridized carbons (Fsp3) is 0.385. The summed E-state index contributed by atoms with van der Waals surface area (Å²) in [6, 6.07) is 5.67. The molecule has 4 heteroatoms. The Bertz CT molecular complexity index is 461. The first-order chi connectivity index (χ1) is 8.12. The molecule has 2 N–H and O–H groups in total. The maximum atomic E-state index is 11.4. The lowest BCUT2D eigenvalue weighted by atomic mass is 9.97. The van der Waals surface area contributed by atoms with Crippen LogP contribution in [0.15, 0.2) is 12.1 Å². The molecule has 0 fully saturated rings. The number of benzene rings is 1. The van der Waals surface area contributed by atoms with Crippen LogP contribution in [0.25, 0.3) is 0 Å². The number of hydrogen-bond donors (Lipinski definition) is 1. The Balaban J connectivity index is 3.05. The van der Waals surface area contributed by atoms with Crippen LogP contribution in [0.3, 0.4) is 0 Å². The topological polar surface area (TPSA) is 76.1 Å². The SMILES string of the molecule is CCOC(=O)Cc1cc(C#N)c(C)cc1CN. The third kappa shape index (κ3) is 3.30. The van der Waals surface area contributed by atoms with Gasteiger partial charge in [0.1, 0.15) is 0 Å². The van der Waals surface area contributed by atoms with Crippen molar-refractivity contribution < 1.29 is 9.53 Å². The predicted molar refractivity (Wildman–Crippen MR) is 64.1 cm³/mol. The number of nitrogens with two attached hydrogens (primary N) is 1. The van der Waals surface area contributed by atoms with E-state index in [0.717, 1.165) is 16.7 Å². The molecule has 1 rings (SSSR count). The van der Waals surface area contributed by atoms with E-state index in [1.54, 1.807) is 13.0 Å². The highest BCUT2D eigenvalue weighted by Crippen LogP contribution is 2.17. The second-order valence-electron chi connectivity index (χ2n) is 3.73. The van der Waals surface area contributed by atoms with Crippen LogP contribution < -0.4 is 5.73 Å². The van der Waals surface area contributed by atoms with Crippen molar-refractivity contribution in [1.29, 1.82) is 5.26 Å². The zero-order valence-corrected chi connectivity index (χ0v) is 10.1. The molecule has 4 nitrogen and oxygen atoms in total. The van der Waals surface area contributed by atoms with Crippen LogP contribution in [0.2, 0.25) is 0 Å². The smallest absolute Gasteiger partial charge is 0.310 e. The van der Waals surface area contributed by atoms with Gasteiger partial charge in [0.25, 0.3) is 0 Å². The van der Waals surface area contributed by atoms with Crippen LogP contribution in [-0.2, 0) is 22.5 Å². The quantitative estimate of drug-likeness (QED) is 0.797. The Hall–Kier alpha value is -1.86. The molecular formula is C13H16N2O2. The molecule has 0 aliphatic carbocycles. The fourth-order valence-corrected chi connectivity index (χ4v) is 1.66. The molecule has 0 atom stereocenters. The van der Waals surface area contributed by atoms with E-state index in [1.807, 2.05) is 13.0 Å². The van der Waals surface area contributed by atoms with E-state index in [1.165, 1.54) is 0 Å². The number of carbonyl (C=O) groups excluding carboxylic acids is 1. The molecule has 0 spiro atoms. The second kappa shape index (κ2) is 6.02. The van der Waals surface area contributed by atoms with Crippen LogP contribution >= 0.6 is 0 Å². The van der Waals surface area contributed by atoms with Gasteiger partial charge in [-0.25, -0.2) is 0 Å². The minimum absolute atomic E-state index is 0.162. The van der Waals surface area contributed by atoms with Gasteiger partial charge in [0.05, 0.1) is 24.7 Å². The molecule has 0 heterocycles. The predicted octanol–water partition coefficient (Wildman–Crippen LogP) is 1.43. The van der Waals surface area contributed by atoms with Crippen LogP contribution in [0.1, 0.15) is 29.2 Å². The summed E-state index contributed by atoms with van der Waals surface area (Å²) < 4.78 is 4.89. The fourth-order valence-electron chi connectivity index (χ4n) is 1.66. The summed E-state index contributed by atoms with van der Waals surface area (Å²) in [7, 11) is 0. The highest BCUT2D eigenvalue weighted by atomic mass is 16.5. The highest BCUT2D eigenvalue weighted by molar-refractivity contribution is 5.73. The largest absolute Gasteiger partial charge is 0.466 e. The van der Waals surface area contributed by atoms with Gasteiger partial charge in [-0.3, -0.25) is 4.79 Å². The zero-order valence-electron chi connectivity index (χ0n) is 10.1. The first-order valence-electron chi connectivity index (χ1n) is 5.50. The number of nitriles is 1. The van der Waals surface area contributed by atoms with Crippen LogP contribution in [0, 0.1) is 18.3 Å². The number of nitrogens with zero attached hydrogens (tertiary/aromatic N) is 1. The molecule has 0 aromatic heterocycles. The number of ether oxygens (including phenoxy) is 1. The van der Waals surface area contributed by atoms with Gasteiger partial charge in [-0.05, 0) is 36.6 Å². The number of carbonyl (C=O) groups is 1. The highest BCUT2D eigenvalue weighted by Gasteiger charge is 2.11. The lowest BCUT2D eigenvalue weighted by Gasteiger charge is -2.10. The summed E-state index contributed by atoms with van der Waals surface area (Å²) in [6.07, 6.45) is 0.162. The van der Waals surface area contributed by atoms with Crippen LogP contribution in [-0.4, -0.2) is 12.6 Å². The van der Waals surface area contributed by atoms with Crippen molar-refractivity contribution in [1.82, 2.24) is 0 Å². The lowest BCUT2D eigenvalue weighted by Crippen LogP contribution is -2.11. The summed E-state index contributed by atoms with van der Waals surface area (Å²) in [5, 5.41) is 8.95. The van der Waals surface area contributed by atoms with Crippen LogP contribution in [0.5, 0.6) is 0 Å². The van der Waals surface area contributed by atoms with E-state index in [4.69, 9.17) is 15.7 Å². The second-order valence-corrected chi connectivity index (χ2v) is 3.73. The Labute approximate surface area is 101 Å². The molecule has 0 amide bonds. The molecule has 17 heavy (non-hydrogen) atoms. The van der Waals surface area contributed by atoms with Gasteiger partial charge in [-0.2, -0.15) is 5.26 Å². The molecular weight excluding hydrogens is 216 g/mol. The summed E-state index contributed by atoms with van der Waals surface area (Å²) in [4.78, 5) is 11.4. The monoisotopic (exact) mass is 232 g/mol. The van der Waals surface area contributed by atoms with Crippen molar-refractivity contribution in [3.05, 3.63) is 34.4 Å². The van der Waals surface area contributed by atoms with Crippen molar-refractivity contribution in [2.24, 2.45) is 5.73 Å². The summed E-state index contributed by atoms with van der Waals surface area (Å²) in [5.41, 5.74) is 8.73. The van der Waals surface area contributed by atoms with Crippen molar-refractivity contribution in [2.75, 3.05) is 6.61 Å². The molecule has 0 aliphatic rings. The van der Waals surface area contributed by atoms with Gasteiger partial charge in [-0.15, -0.1) is 0 Å². The molecule has 0 saturated heterocycles. The van der Waals surface area contributed by atoms with E-state index in [9.17, 15) is 4.79 Å². The van der Waals surface area contributed by atoms with Gasteiger partial charge in [0.15, 0.2) is 0 Å². The Kier molecular flexibility index (Phi) is 4.68. The summed E-state index contributed by atoms with van der Waals surface area (Å²) in [6.45, 7) is 4.32. The normalized spacial score (nSPS) is 9.76. The van der Waals surface area contributed by atoms with Crippen molar-refractivity contribution >= 4 is 5.97 Å². The number of rotatable bonds is 4. The number of esters is 1. The van der Waals surface area contributed by atoms with E-state index in [-0.39, 0.29) is 12.4 Å². The van der Waals surface area contributed by atoms with E-state index < -0.39 is 0 Å². The zero-order chi connectivity index (χ0) is 12.8. The number of hydrogen-bond acceptors (Lipinski definition) is 4. The van der Waals surface area contributed by atoms with E-state index >= 15 is 0 Å². The van der Waals surface area contributed by atoms with Crippen LogP contribution in [0.4, 0.5) is 0 Å². The Morgan fingerprint density at radius 2 is 2.18 bits per heavy atom. The third-order valence-corrected chi connectivity index (χ3v) is 2.53. The minimum Gasteiger partial charge on any atom is -0.466 e. The molecule has 0 aliphatic heterocycles. The van der Waals surface area contributed by atoms with E-state index in [0.29, 0.717) is 18.7 Å². The standard InChI is InChI=1S/C13H16N2O2/c1-3-17-13(16)6-10-5-11(7-14)9(2)4-12(10)8-15/h4-5H,3,6,8,15H2,1-2H3. The Morgan fingerprint density at radius 1 is 1.47 bits per heavy atom. The molecule has 0 saturated carbocycles. The molecule has 0 radical (unpaired) electrons. The molecule has 1 aromatic rings. The van der Waals surface area contributed by atoms with Gasteiger partial charge >= 0.3 is 5.97 Å². The molecule has 1 aromatic carbocycles. The van der Waals surface area contributed by atoms with Crippen molar-refractivity contribution in [3.63, 3.8) is 0 Å². The average Bonchev–Trinajstić information content (AvgIpc) is 2.31. The van der Waals surface area contributed by atoms with Gasteiger partial charge in [0, 0.05) is 6.54 Å². The molecule has 90 valence electrons. The number of aryl methyl sites for hydroxylation is 1. The third-order valence-electron chi connectivity index (χ3n) is 2.53. The minimum atomic E-state index is -0.296.